The summed E-state index contributed by atoms with van der Waals surface area (Å²) in [7, 11) is 0. The molecule has 0 N–H and O–H groups in total. The third-order valence-electron chi connectivity index (χ3n) is 1.59. The van der Waals surface area contributed by atoms with Crippen LogP contribution in [0.4, 0.5) is 5.69 Å². The molecule has 0 unspecified atom stereocenters. The van der Waals surface area contributed by atoms with Gasteiger partial charge in [-0.25, -0.2) is 9.97 Å². The van der Waals surface area contributed by atoms with Crippen molar-refractivity contribution in [2.45, 2.75) is 0 Å². The molecule has 2 heterocycles. The smallest absolute Gasteiger partial charge is 0.258 e. The summed E-state index contributed by atoms with van der Waals surface area (Å²) in [4.78, 5) is 18.5. The minimum absolute atomic E-state index is 0.0923. The highest BCUT2D eigenvalue weighted by molar-refractivity contribution is 7.13. The molecule has 0 spiro atoms. The summed E-state index contributed by atoms with van der Waals surface area (Å²) in [6.07, 6.45) is 2.42. The van der Waals surface area contributed by atoms with Gasteiger partial charge in [-0.15, -0.1) is 11.3 Å². The van der Waals surface area contributed by atoms with Crippen molar-refractivity contribution in [1.82, 2.24) is 9.97 Å². The van der Waals surface area contributed by atoms with Crippen molar-refractivity contribution >= 4 is 17.0 Å². The van der Waals surface area contributed by atoms with E-state index < -0.39 is 4.92 Å². The molecule has 0 fully saturated rings. The molecule has 0 aromatic carbocycles. The molecule has 6 heteroatoms. The van der Waals surface area contributed by atoms with Gasteiger partial charge in [-0.2, -0.15) is 0 Å². The molecule has 0 aliphatic heterocycles. The van der Waals surface area contributed by atoms with Gasteiger partial charge in [-0.3, -0.25) is 10.1 Å². The van der Waals surface area contributed by atoms with Gasteiger partial charge in [0.2, 0.25) is 0 Å². The molecule has 2 aromatic heterocycles. The predicted octanol–water partition coefficient (Wildman–Crippen LogP) is 2.11. The standard InChI is InChI=1S/C8H5N3O2S/c12-11(13)6-4-9-8(10-5-6)7-2-1-3-14-7/h1-5H. The molecular formula is C8H5N3O2S. The first-order valence-corrected chi connectivity index (χ1v) is 4.65. The van der Waals surface area contributed by atoms with Crippen LogP contribution in [0.1, 0.15) is 0 Å². The van der Waals surface area contributed by atoms with Crippen molar-refractivity contribution in [3.63, 3.8) is 0 Å². The highest BCUT2D eigenvalue weighted by Gasteiger charge is 2.07. The number of thiophene rings is 1. The third-order valence-corrected chi connectivity index (χ3v) is 2.46. The van der Waals surface area contributed by atoms with Gasteiger partial charge in [0.25, 0.3) is 0 Å². The van der Waals surface area contributed by atoms with Crippen LogP contribution in [0.2, 0.25) is 0 Å². The summed E-state index contributed by atoms with van der Waals surface area (Å²) in [5.41, 5.74) is -0.0923. The Kier molecular flexibility index (Phi) is 2.19. The Morgan fingerprint density at radius 2 is 2.07 bits per heavy atom. The lowest BCUT2D eigenvalue weighted by atomic mass is 10.4. The van der Waals surface area contributed by atoms with E-state index in [1.165, 1.54) is 23.7 Å². The Morgan fingerprint density at radius 3 is 2.57 bits per heavy atom. The normalized spacial score (nSPS) is 10.0. The summed E-state index contributed by atoms with van der Waals surface area (Å²) < 4.78 is 0. The van der Waals surface area contributed by atoms with Gasteiger partial charge >= 0.3 is 5.69 Å². The summed E-state index contributed by atoms with van der Waals surface area (Å²) in [6.45, 7) is 0. The Balaban J connectivity index is 2.36. The minimum atomic E-state index is -0.516. The van der Waals surface area contributed by atoms with E-state index in [1.54, 1.807) is 0 Å². The lowest BCUT2D eigenvalue weighted by molar-refractivity contribution is -0.385. The van der Waals surface area contributed by atoms with Crippen molar-refractivity contribution in [2.24, 2.45) is 0 Å². The van der Waals surface area contributed by atoms with Crippen LogP contribution < -0.4 is 0 Å². The van der Waals surface area contributed by atoms with Crippen LogP contribution in [0, 0.1) is 10.1 Å². The molecule has 0 radical (unpaired) electrons. The molecule has 0 aliphatic carbocycles. The van der Waals surface area contributed by atoms with E-state index in [4.69, 9.17) is 0 Å². The Labute approximate surface area is 83.2 Å². The number of hydrogen-bond acceptors (Lipinski definition) is 5. The maximum Gasteiger partial charge on any atom is 0.305 e. The number of nitro groups is 1. The van der Waals surface area contributed by atoms with Gasteiger partial charge in [0.05, 0.1) is 9.80 Å². The van der Waals surface area contributed by atoms with Crippen molar-refractivity contribution in [3.05, 3.63) is 40.0 Å². The summed E-state index contributed by atoms with van der Waals surface area (Å²) in [5, 5.41) is 12.2. The number of hydrogen-bond donors (Lipinski definition) is 0. The van der Waals surface area contributed by atoms with E-state index in [2.05, 4.69) is 9.97 Å². The zero-order valence-corrected chi connectivity index (χ0v) is 7.77. The lowest BCUT2D eigenvalue weighted by Gasteiger charge is -1.93. The molecule has 0 aliphatic rings. The molecule has 14 heavy (non-hydrogen) atoms. The Morgan fingerprint density at radius 1 is 1.36 bits per heavy atom. The van der Waals surface area contributed by atoms with Crippen LogP contribution in [-0.4, -0.2) is 14.9 Å². The van der Waals surface area contributed by atoms with Crippen LogP contribution in [0.15, 0.2) is 29.9 Å². The Bertz CT molecular complexity index is 438. The zero-order chi connectivity index (χ0) is 9.97. The molecular weight excluding hydrogens is 202 g/mol. The van der Waals surface area contributed by atoms with E-state index in [1.807, 2.05) is 17.5 Å². The second-order valence-electron chi connectivity index (χ2n) is 2.50. The fourth-order valence-electron chi connectivity index (χ4n) is 0.949. The predicted molar refractivity (Wildman–Crippen MR) is 52.0 cm³/mol. The second-order valence-corrected chi connectivity index (χ2v) is 3.45. The molecule has 5 nitrogen and oxygen atoms in total. The van der Waals surface area contributed by atoms with E-state index in [9.17, 15) is 10.1 Å². The minimum Gasteiger partial charge on any atom is -0.258 e. The van der Waals surface area contributed by atoms with Gasteiger partial charge in [0, 0.05) is 0 Å². The van der Waals surface area contributed by atoms with Gasteiger partial charge < -0.3 is 0 Å². The molecule has 2 aromatic rings. The number of rotatable bonds is 2. The van der Waals surface area contributed by atoms with Gasteiger partial charge in [-0.05, 0) is 11.4 Å². The van der Waals surface area contributed by atoms with Crippen molar-refractivity contribution in [3.8, 4) is 10.7 Å². The van der Waals surface area contributed by atoms with E-state index in [-0.39, 0.29) is 5.69 Å². The topological polar surface area (TPSA) is 68.9 Å². The van der Waals surface area contributed by atoms with Gasteiger partial charge in [-0.1, -0.05) is 6.07 Å². The van der Waals surface area contributed by atoms with Gasteiger partial charge in [0.1, 0.15) is 12.4 Å². The molecule has 2 rings (SSSR count). The maximum atomic E-state index is 10.3. The van der Waals surface area contributed by atoms with E-state index >= 15 is 0 Å². The SMILES string of the molecule is O=[N+]([O-])c1cnc(-c2cccs2)nc1. The Hall–Kier alpha value is -1.82. The summed E-state index contributed by atoms with van der Waals surface area (Å²) in [6, 6.07) is 3.75. The average molecular weight is 207 g/mol. The van der Waals surface area contributed by atoms with E-state index in [0.29, 0.717) is 5.82 Å². The highest BCUT2D eigenvalue weighted by atomic mass is 32.1. The fraction of sp³-hybridized carbons (Fsp3) is 0. The lowest BCUT2D eigenvalue weighted by Crippen LogP contribution is -1.92. The second kappa shape index (κ2) is 3.51. The monoisotopic (exact) mass is 207 g/mol. The summed E-state index contributed by atoms with van der Waals surface area (Å²) >= 11 is 1.50. The van der Waals surface area contributed by atoms with Crippen molar-refractivity contribution in [2.75, 3.05) is 0 Å². The van der Waals surface area contributed by atoms with Gasteiger partial charge in [0.15, 0.2) is 5.82 Å². The largest absolute Gasteiger partial charge is 0.305 e. The molecule has 70 valence electrons. The highest BCUT2D eigenvalue weighted by Crippen LogP contribution is 2.21. The van der Waals surface area contributed by atoms with Crippen LogP contribution in [0.3, 0.4) is 0 Å². The molecule has 0 saturated heterocycles. The maximum absolute atomic E-state index is 10.3. The van der Waals surface area contributed by atoms with Crippen molar-refractivity contribution in [1.29, 1.82) is 0 Å². The van der Waals surface area contributed by atoms with E-state index in [0.717, 1.165) is 4.88 Å². The quantitative estimate of drug-likeness (QED) is 0.558. The zero-order valence-electron chi connectivity index (χ0n) is 6.95. The van der Waals surface area contributed by atoms with Crippen LogP contribution in [0.5, 0.6) is 0 Å². The molecule has 0 atom stereocenters. The third kappa shape index (κ3) is 1.60. The average Bonchev–Trinajstić information content (AvgIpc) is 2.71. The van der Waals surface area contributed by atoms with Crippen LogP contribution >= 0.6 is 11.3 Å². The molecule has 0 saturated carbocycles. The molecule has 0 bridgehead atoms. The van der Waals surface area contributed by atoms with Crippen LogP contribution in [-0.2, 0) is 0 Å². The summed E-state index contributed by atoms with van der Waals surface area (Å²) in [5.74, 6) is 0.519. The first kappa shape index (κ1) is 8.76. The fourth-order valence-corrected chi connectivity index (χ4v) is 1.62. The van der Waals surface area contributed by atoms with Crippen LogP contribution in [0.25, 0.3) is 10.7 Å². The number of aromatic nitrogens is 2. The first-order valence-electron chi connectivity index (χ1n) is 3.77. The van der Waals surface area contributed by atoms with Crippen molar-refractivity contribution < 1.29 is 4.92 Å². The molecule has 0 amide bonds. The number of nitrogens with zero attached hydrogens (tertiary/aromatic N) is 3. The first-order chi connectivity index (χ1) is 6.77.